The van der Waals surface area contributed by atoms with Crippen molar-refractivity contribution in [2.24, 2.45) is 23.7 Å². The van der Waals surface area contributed by atoms with Crippen molar-refractivity contribution in [3.8, 4) is 0 Å². The molecule has 22 heavy (non-hydrogen) atoms. The number of allylic oxidation sites excluding steroid dienone is 6. The van der Waals surface area contributed by atoms with Gasteiger partial charge in [-0.2, -0.15) is 0 Å². The zero-order valence-electron chi connectivity index (χ0n) is 11.5. The van der Waals surface area contributed by atoms with E-state index in [1.165, 1.54) is 0 Å². The van der Waals surface area contributed by atoms with E-state index in [1.807, 2.05) is 0 Å². The standard InChI is InChI=1S/C17H12O5/c18-14-7-15(19)12-5-8(1-3-10(12)14)9-2-4-11-13(6-9)17(21)22-16(11)20/h1-6,10-13H,7H2. The van der Waals surface area contributed by atoms with Gasteiger partial charge in [0, 0.05) is 5.92 Å². The summed E-state index contributed by atoms with van der Waals surface area (Å²) in [6.45, 7) is 0. The predicted molar refractivity (Wildman–Crippen MR) is 74.1 cm³/mol. The molecule has 4 aliphatic rings. The Kier molecular flexibility index (Phi) is 2.66. The number of hydrogen-bond acceptors (Lipinski definition) is 5. The lowest BCUT2D eigenvalue weighted by Crippen LogP contribution is -2.19. The van der Waals surface area contributed by atoms with Crippen molar-refractivity contribution >= 4 is 23.5 Å². The van der Waals surface area contributed by atoms with Crippen LogP contribution in [0.4, 0.5) is 0 Å². The SMILES string of the molecule is O=C1CC(=O)C2C=C(C3=CC4C(=O)OC(=O)C4C=C3)C=CC12. The smallest absolute Gasteiger partial charge is 0.321 e. The fourth-order valence-corrected chi connectivity index (χ4v) is 3.43. The molecule has 0 aromatic heterocycles. The van der Waals surface area contributed by atoms with E-state index in [2.05, 4.69) is 4.74 Å². The van der Waals surface area contributed by atoms with Crippen molar-refractivity contribution in [1.82, 2.24) is 0 Å². The van der Waals surface area contributed by atoms with Crippen molar-refractivity contribution in [1.29, 1.82) is 0 Å². The third-order valence-electron chi connectivity index (χ3n) is 4.63. The second-order valence-electron chi connectivity index (χ2n) is 5.91. The number of carbonyl (C=O) groups is 4. The van der Waals surface area contributed by atoms with Crippen molar-refractivity contribution in [2.45, 2.75) is 6.42 Å². The van der Waals surface area contributed by atoms with E-state index in [9.17, 15) is 19.2 Å². The van der Waals surface area contributed by atoms with Crippen LogP contribution < -0.4 is 0 Å². The highest BCUT2D eigenvalue weighted by molar-refractivity contribution is 6.10. The summed E-state index contributed by atoms with van der Waals surface area (Å²) in [5.74, 6) is -3.07. The maximum atomic E-state index is 11.9. The number of cyclic esters (lactones) is 2. The average Bonchev–Trinajstić information content (AvgIpc) is 2.96. The molecule has 0 bridgehead atoms. The molecule has 0 amide bonds. The molecule has 0 spiro atoms. The van der Waals surface area contributed by atoms with Gasteiger partial charge in [0.15, 0.2) is 0 Å². The highest BCUT2D eigenvalue weighted by atomic mass is 16.6. The number of rotatable bonds is 1. The van der Waals surface area contributed by atoms with Gasteiger partial charge in [-0.15, -0.1) is 0 Å². The molecule has 0 radical (unpaired) electrons. The molecular formula is C17H12O5. The minimum atomic E-state index is -0.597. The first-order valence-electron chi connectivity index (χ1n) is 7.16. The molecule has 0 aromatic rings. The topological polar surface area (TPSA) is 77.5 Å². The van der Waals surface area contributed by atoms with E-state index in [4.69, 9.17) is 0 Å². The lowest BCUT2D eigenvalue weighted by molar-refractivity contribution is -0.153. The summed E-state index contributed by atoms with van der Waals surface area (Å²) in [7, 11) is 0. The number of fused-ring (bicyclic) bond motifs is 2. The molecule has 0 aromatic carbocycles. The zero-order chi connectivity index (χ0) is 15.4. The van der Waals surface area contributed by atoms with Crippen LogP contribution in [0.1, 0.15) is 6.42 Å². The summed E-state index contributed by atoms with van der Waals surface area (Å²) in [5.41, 5.74) is 1.57. The van der Waals surface area contributed by atoms with Crippen LogP contribution in [0.25, 0.3) is 0 Å². The molecule has 1 aliphatic heterocycles. The van der Waals surface area contributed by atoms with Crippen molar-refractivity contribution in [3.05, 3.63) is 47.6 Å². The van der Waals surface area contributed by atoms with Crippen LogP contribution in [-0.2, 0) is 23.9 Å². The van der Waals surface area contributed by atoms with Crippen LogP contribution in [0.15, 0.2) is 47.6 Å². The lowest BCUT2D eigenvalue weighted by Gasteiger charge is -2.20. The number of ketones is 2. The zero-order valence-corrected chi connectivity index (χ0v) is 11.5. The molecule has 3 aliphatic carbocycles. The van der Waals surface area contributed by atoms with Gasteiger partial charge in [-0.05, 0) is 11.1 Å². The maximum Gasteiger partial charge on any atom is 0.321 e. The van der Waals surface area contributed by atoms with Crippen LogP contribution in [0, 0.1) is 23.7 Å². The van der Waals surface area contributed by atoms with E-state index in [-0.39, 0.29) is 23.9 Å². The first kappa shape index (κ1) is 13.1. The van der Waals surface area contributed by atoms with Crippen LogP contribution >= 0.6 is 0 Å². The number of Topliss-reactive ketones (excluding diaryl/α,β-unsaturated/α-hetero) is 2. The summed E-state index contributed by atoms with van der Waals surface area (Å²) >= 11 is 0. The molecule has 5 nitrogen and oxygen atoms in total. The second-order valence-corrected chi connectivity index (χ2v) is 5.91. The minimum absolute atomic E-state index is 0.0101. The average molecular weight is 296 g/mol. The van der Waals surface area contributed by atoms with Crippen molar-refractivity contribution < 1.29 is 23.9 Å². The number of hydrogen-bond donors (Lipinski definition) is 0. The highest BCUT2D eigenvalue weighted by Gasteiger charge is 2.44. The van der Waals surface area contributed by atoms with E-state index in [1.54, 1.807) is 36.5 Å². The summed E-state index contributed by atoms with van der Waals surface area (Å²) < 4.78 is 4.63. The van der Waals surface area contributed by atoms with Gasteiger partial charge in [0.2, 0.25) is 0 Å². The Bertz CT molecular complexity index is 685. The molecule has 110 valence electrons. The fourth-order valence-electron chi connectivity index (χ4n) is 3.43. The number of carbonyl (C=O) groups excluding carboxylic acids is 4. The first-order valence-corrected chi connectivity index (χ1v) is 7.16. The summed E-state index contributed by atoms with van der Waals surface area (Å²) in [6, 6.07) is 0. The van der Waals surface area contributed by atoms with Gasteiger partial charge >= 0.3 is 11.9 Å². The molecule has 1 saturated carbocycles. The van der Waals surface area contributed by atoms with E-state index < -0.39 is 29.7 Å². The summed E-state index contributed by atoms with van der Waals surface area (Å²) in [4.78, 5) is 46.7. The summed E-state index contributed by atoms with van der Waals surface area (Å²) in [5, 5.41) is 0. The molecule has 1 heterocycles. The Morgan fingerprint density at radius 2 is 1.27 bits per heavy atom. The number of esters is 2. The Morgan fingerprint density at radius 3 is 2.00 bits per heavy atom. The van der Waals surface area contributed by atoms with Crippen LogP contribution in [0.2, 0.25) is 0 Å². The predicted octanol–water partition coefficient (Wildman–Crippen LogP) is 1.07. The van der Waals surface area contributed by atoms with E-state index in [0.29, 0.717) is 0 Å². The Labute approximate surface area is 126 Å². The Hall–Kier alpha value is -2.56. The molecule has 1 saturated heterocycles. The fraction of sp³-hybridized carbons (Fsp3) is 0.294. The molecule has 5 heteroatoms. The van der Waals surface area contributed by atoms with Gasteiger partial charge < -0.3 is 4.74 Å². The Morgan fingerprint density at radius 1 is 0.727 bits per heavy atom. The van der Waals surface area contributed by atoms with Crippen LogP contribution in [-0.4, -0.2) is 23.5 Å². The molecule has 4 rings (SSSR count). The minimum Gasteiger partial charge on any atom is -0.392 e. The van der Waals surface area contributed by atoms with Crippen LogP contribution in [0.5, 0.6) is 0 Å². The molecule has 0 N–H and O–H groups in total. The highest BCUT2D eigenvalue weighted by Crippen LogP contribution is 2.38. The first-order chi connectivity index (χ1) is 10.5. The number of ether oxygens (including phenoxy) is 1. The molecule has 4 unspecified atom stereocenters. The van der Waals surface area contributed by atoms with Gasteiger partial charge in [0.1, 0.15) is 11.6 Å². The van der Waals surface area contributed by atoms with E-state index >= 15 is 0 Å². The van der Waals surface area contributed by atoms with Gasteiger partial charge in [0.25, 0.3) is 0 Å². The normalized spacial score (nSPS) is 36.0. The lowest BCUT2D eigenvalue weighted by atomic mass is 9.81. The van der Waals surface area contributed by atoms with Gasteiger partial charge in [-0.25, -0.2) is 0 Å². The monoisotopic (exact) mass is 296 g/mol. The molecule has 4 atom stereocenters. The summed E-state index contributed by atoms with van der Waals surface area (Å²) in [6.07, 6.45) is 10.5. The largest absolute Gasteiger partial charge is 0.392 e. The third-order valence-corrected chi connectivity index (χ3v) is 4.63. The maximum absolute atomic E-state index is 11.9. The second kappa shape index (κ2) is 4.47. The van der Waals surface area contributed by atoms with Crippen LogP contribution in [0.3, 0.4) is 0 Å². The molecule has 2 fully saturated rings. The van der Waals surface area contributed by atoms with Crippen molar-refractivity contribution in [2.75, 3.05) is 0 Å². The Balaban J connectivity index is 1.67. The van der Waals surface area contributed by atoms with Gasteiger partial charge in [-0.3, -0.25) is 19.2 Å². The van der Waals surface area contributed by atoms with Gasteiger partial charge in [-0.1, -0.05) is 36.5 Å². The van der Waals surface area contributed by atoms with Gasteiger partial charge in [0.05, 0.1) is 24.2 Å². The van der Waals surface area contributed by atoms with Crippen molar-refractivity contribution in [3.63, 3.8) is 0 Å². The third kappa shape index (κ3) is 1.78. The molecular weight excluding hydrogens is 284 g/mol. The quantitative estimate of drug-likeness (QED) is 0.534. The van der Waals surface area contributed by atoms with E-state index in [0.717, 1.165) is 11.1 Å².